The molecule has 1 aliphatic carbocycles. The van der Waals surface area contributed by atoms with E-state index in [2.05, 4.69) is 15.7 Å². The number of halogens is 3. The first-order valence-corrected chi connectivity index (χ1v) is 18.1. The number of amidine groups is 1. The van der Waals surface area contributed by atoms with Crippen molar-refractivity contribution in [2.24, 2.45) is 16.8 Å². The number of alkyl halides is 3. The van der Waals surface area contributed by atoms with Crippen molar-refractivity contribution in [2.45, 2.75) is 102 Å². The van der Waals surface area contributed by atoms with Gasteiger partial charge in [-0.2, -0.15) is 13.2 Å². The molecule has 3 fully saturated rings. The van der Waals surface area contributed by atoms with Gasteiger partial charge in [0.05, 0.1) is 19.3 Å². The van der Waals surface area contributed by atoms with Gasteiger partial charge in [-0.15, -0.1) is 0 Å². The van der Waals surface area contributed by atoms with E-state index in [0.717, 1.165) is 48.2 Å². The molecule has 0 bridgehead atoms. The summed E-state index contributed by atoms with van der Waals surface area (Å²) in [5.74, 6) is 0.887. The van der Waals surface area contributed by atoms with Crippen molar-refractivity contribution in [2.75, 3.05) is 39.4 Å². The number of nitrogens with one attached hydrogen (secondary N) is 1. The summed E-state index contributed by atoms with van der Waals surface area (Å²) in [6.07, 6.45) is 2.15. The van der Waals surface area contributed by atoms with Gasteiger partial charge in [-0.3, -0.25) is 14.6 Å². The SMILES string of the molecule is Cc1cc(C(=O)N2CCC(OCC(O)CO)CC2)cc(C)c1/C=C/SN1CCC2(CC1)N=C(C1CCC(CCC(F)(F)F)CC1)NC2=O. The lowest BCUT2D eigenvalue weighted by molar-refractivity contribution is -0.138. The molecule has 1 spiro atoms. The third kappa shape index (κ3) is 9.41. The number of carbonyl (C=O) groups is 2. The van der Waals surface area contributed by atoms with E-state index in [1.165, 1.54) is 0 Å². The van der Waals surface area contributed by atoms with E-state index in [0.29, 0.717) is 57.4 Å². The smallest absolute Gasteiger partial charge is 0.389 e. The van der Waals surface area contributed by atoms with E-state index < -0.39 is 24.2 Å². The second-order valence-electron chi connectivity index (χ2n) is 13.9. The maximum Gasteiger partial charge on any atom is 0.389 e. The highest BCUT2D eigenvalue weighted by Gasteiger charge is 2.47. The maximum absolute atomic E-state index is 13.3. The molecule has 1 unspecified atom stereocenters. The van der Waals surface area contributed by atoms with Crippen LogP contribution in [0.4, 0.5) is 13.2 Å². The Kier molecular flexibility index (Phi) is 12.3. The number of carbonyl (C=O) groups excluding carboxylic acids is 2. The van der Waals surface area contributed by atoms with Crippen molar-refractivity contribution in [3.05, 3.63) is 39.8 Å². The van der Waals surface area contributed by atoms with Gasteiger partial charge in [0.2, 0.25) is 0 Å². The quantitative estimate of drug-likeness (QED) is 0.266. The van der Waals surface area contributed by atoms with Crippen LogP contribution in [0.1, 0.15) is 91.3 Å². The number of aliphatic imine (C=N–C) groups is 1. The molecule has 266 valence electrons. The number of ether oxygens (including phenoxy) is 1. The Hall–Kier alpha value is -2.45. The van der Waals surface area contributed by atoms with Crippen molar-refractivity contribution in [3.8, 4) is 0 Å². The summed E-state index contributed by atoms with van der Waals surface area (Å²) >= 11 is 1.60. The molecule has 4 aliphatic rings. The minimum Gasteiger partial charge on any atom is -0.394 e. The third-order valence-electron chi connectivity index (χ3n) is 10.4. The number of aryl methyl sites for hydroxylation is 2. The average Bonchev–Trinajstić information content (AvgIpc) is 3.39. The topological polar surface area (TPSA) is 115 Å². The second-order valence-corrected chi connectivity index (χ2v) is 14.9. The van der Waals surface area contributed by atoms with E-state index in [-0.39, 0.29) is 49.4 Å². The number of hydrogen-bond donors (Lipinski definition) is 3. The van der Waals surface area contributed by atoms with Crippen molar-refractivity contribution >= 4 is 35.7 Å². The lowest BCUT2D eigenvalue weighted by Gasteiger charge is -2.34. The van der Waals surface area contributed by atoms with Gasteiger partial charge < -0.3 is 25.2 Å². The molecule has 2 saturated heterocycles. The highest BCUT2D eigenvalue weighted by Crippen LogP contribution is 2.39. The predicted octanol–water partition coefficient (Wildman–Crippen LogP) is 5.41. The number of nitrogens with zero attached hydrogens (tertiary/aromatic N) is 3. The molecular formula is C35H49F3N4O5S. The van der Waals surface area contributed by atoms with Crippen molar-refractivity contribution < 1.29 is 37.7 Å². The Balaban J connectivity index is 1.08. The van der Waals surface area contributed by atoms with E-state index in [1.54, 1.807) is 11.9 Å². The molecule has 1 atom stereocenters. The van der Waals surface area contributed by atoms with Crippen molar-refractivity contribution in [1.82, 2.24) is 14.5 Å². The summed E-state index contributed by atoms with van der Waals surface area (Å²) in [6, 6.07) is 3.88. The Morgan fingerprint density at radius 1 is 1.10 bits per heavy atom. The molecule has 13 heteroatoms. The van der Waals surface area contributed by atoms with Crippen LogP contribution in [0, 0.1) is 25.7 Å². The Labute approximate surface area is 285 Å². The van der Waals surface area contributed by atoms with Gasteiger partial charge in [0.25, 0.3) is 11.8 Å². The van der Waals surface area contributed by atoms with Gasteiger partial charge in [-0.05, 0) is 118 Å². The van der Waals surface area contributed by atoms with Gasteiger partial charge in [-0.1, -0.05) is 11.9 Å². The standard InChI is InChI=1S/C35H49F3N4O5S/c1-23-19-27(32(45)41-14-8-29(9-15-41)47-22-28(44)21-43)20-24(2)30(23)10-18-48-42-16-12-34(13-17-42)33(46)39-31(40-34)26-5-3-25(4-6-26)7-11-35(36,37)38/h10,18-20,25-26,28-29,43-44H,3-9,11-17,21-22H2,1-2H3,(H,39,40,46)/b18-10+. The van der Waals surface area contributed by atoms with Gasteiger partial charge in [0.1, 0.15) is 17.5 Å². The van der Waals surface area contributed by atoms with Crippen molar-refractivity contribution in [3.63, 3.8) is 0 Å². The minimum absolute atomic E-state index is 0.00225. The zero-order valence-corrected chi connectivity index (χ0v) is 28.8. The van der Waals surface area contributed by atoms with E-state index in [4.69, 9.17) is 14.8 Å². The Morgan fingerprint density at radius 3 is 2.35 bits per heavy atom. The molecule has 0 radical (unpaired) electrons. The first-order valence-electron chi connectivity index (χ1n) is 17.2. The zero-order chi connectivity index (χ0) is 34.5. The summed E-state index contributed by atoms with van der Waals surface area (Å²) in [7, 11) is 0. The molecule has 3 heterocycles. The molecule has 9 nitrogen and oxygen atoms in total. The summed E-state index contributed by atoms with van der Waals surface area (Å²) in [5, 5.41) is 23.6. The van der Waals surface area contributed by atoms with Crippen LogP contribution in [-0.2, 0) is 9.53 Å². The summed E-state index contributed by atoms with van der Waals surface area (Å²) < 4.78 is 45.8. The van der Waals surface area contributed by atoms with E-state index in [9.17, 15) is 27.9 Å². The Bertz CT molecular complexity index is 1320. The van der Waals surface area contributed by atoms with Crippen LogP contribution < -0.4 is 5.32 Å². The molecule has 3 N–H and O–H groups in total. The van der Waals surface area contributed by atoms with Crippen LogP contribution in [0.5, 0.6) is 0 Å². The molecule has 5 rings (SSSR count). The average molecular weight is 695 g/mol. The number of piperidine rings is 2. The molecule has 3 aliphatic heterocycles. The van der Waals surface area contributed by atoms with Gasteiger partial charge >= 0.3 is 6.18 Å². The molecule has 0 aromatic heterocycles. The van der Waals surface area contributed by atoms with Crippen LogP contribution in [0.15, 0.2) is 22.5 Å². The number of aliphatic hydroxyl groups excluding tert-OH is 2. The molecule has 1 aromatic carbocycles. The number of amides is 2. The molecule has 1 saturated carbocycles. The molecule has 2 amide bonds. The number of likely N-dealkylation sites (tertiary alicyclic amines) is 1. The molecule has 1 aromatic rings. The Morgan fingerprint density at radius 2 is 1.75 bits per heavy atom. The molecule has 48 heavy (non-hydrogen) atoms. The number of rotatable bonds is 11. The van der Waals surface area contributed by atoms with Gasteiger partial charge in [-0.25, -0.2) is 4.31 Å². The van der Waals surface area contributed by atoms with Crippen LogP contribution in [0.2, 0.25) is 0 Å². The van der Waals surface area contributed by atoms with Crippen LogP contribution in [0.25, 0.3) is 6.08 Å². The second kappa shape index (κ2) is 16.1. The minimum atomic E-state index is -4.10. The van der Waals surface area contributed by atoms with E-state index >= 15 is 0 Å². The fourth-order valence-corrected chi connectivity index (χ4v) is 8.14. The van der Waals surface area contributed by atoms with Crippen LogP contribution >= 0.6 is 11.9 Å². The lowest BCUT2D eigenvalue weighted by Crippen LogP contribution is -2.47. The largest absolute Gasteiger partial charge is 0.394 e. The maximum atomic E-state index is 13.3. The van der Waals surface area contributed by atoms with Gasteiger partial charge in [0, 0.05) is 44.1 Å². The van der Waals surface area contributed by atoms with Crippen LogP contribution in [-0.4, -0.2) is 100 Å². The number of hydrogen-bond acceptors (Lipinski definition) is 8. The fraction of sp³-hybridized carbons (Fsp3) is 0.686. The first-order chi connectivity index (χ1) is 22.9. The monoisotopic (exact) mass is 694 g/mol. The van der Waals surface area contributed by atoms with Gasteiger partial charge in [0.15, 0.2) is 0 Å². The van der Waals surface area contributed by atoms with Crippen molar-refractivity contribution in [1.29, 1.82) is 0 Å². The molecular weight excluding hydrogens is 645 g/mol. The highest BCUT2D eigenvalue weighted by atomic mass is 32.2. The zero-order valence-electron chi connectivity index (χ0n) is 27.9. The summed E-state index contributed by atoms with van der Waals surface area (Å²) in [6.45, 7) is 6.35. The normalized spacial score (nSPS) is 24.7. The van der Waals surface area contributed by atoms with Crippen LogP contribution in [0.3, 0.4) is 0 Å². The lowest BCUT2D eigenvalue weighted by atomic mass is 9.79. The predicted molar refractivity (Wildman–Crippen MR) is 180 cm³/mol. The first kappa shape index (κ1) is 36.8. The summed E-state index contributed by atoms with van der Waals surface area (Å²) in [5.41, 5.74) is 3.02. The summed E-state index contributed by atoms with van der Waals surface area (Å²) in [4.78, 5) is 33.1. The number of aliphatic hydroxyl groups is 2. The third-order valence-corrected chi connectivity index (χ3v) is 11.3. The van der Waals surface area contributed by atoms with E-state index in [1.807, 2.05) is 36.3 Å². The highest BCUT2D eigenvalue weighted by molar-refractivity contribution is 8.00. The number of benzene rings is 1. The fourth-order valence-electron chi connectivity index (χ4n) is 7.38.